The highest BCUT2D eigenvalue weighted by Gasteiger charge is 2.27. The highest BCUT2D eigenvalue weighted by atomic mass is 16.4. The van der Waals surface area contributed by atoms with Crippen LogP contribution in [0.1, 0.15) is 73.7 Å². The summed E-state index contributed by atoms with van der Waals surface area (Å²) in [5.41, 5.74) is 6.67. The molecule has 29 heavy (non-hydrogen) atoms. The Balaban J connectivity index is 1.92. The van der Waals surface area contributed by atoms with Crippen LogP contribution in [0.4, 0.5) is 0 Å². The van der Waals surface area contributed by atoms with Gasteiger partial charge in [0.2, 0.25) is 0 Å². The largest absolute Gasteiger partial charge is 0.478 e. The van der Waals surface area contributed by atoms with Gasteiger partial charge in [0.15, 0.2) is 0 Å². The molecule has 2 heteroatoms. The number of fused-ring (bicyclic) bond motifs is 1. The summed E-state index contributed by atoms with van der Waals surface area (Å²) < 4.78 is 0. The summed E-state index contributed by atoms with van der Waals surface area (Å²) >= 11 is 0. The van der Waals surface area contributed by atoms with Crippen molar-refractivity contribution in [3.05, 3.63) is 88.5 Å². The van der Waals surface area contributed by atoms with Crippen LogP contribution in [-0.2, 0) is 5.41 Å². The number of carboxylic acid groups (broad SMARTS) is 1. The normalized spacial score (nSPS) is 16.1. The Morgan fingerprint density at radius 3 is 2.21 bits per heavy atom. The fourth-order valence-corrected chi connectivity index (χ4v) is 3.51. The first-order valence-electron chi connectivity index (χ1n) is 10.1. The molecular weight excluding hydrogens is 356 g/mol. The van der Waals surface area contributed by atoms with Crippen molar-refractivity contribution in [2.24, 2.45) is 5.41 Å². The number of benzene rings is 2. The second-order valence-electron chi connectivity index (χ2n) is 9.51. The Morgan fingerprint density at radius 1 is 0.966 bits per heavy atom. The van der Waals surface area contributed by atoms with Gasteiger partial charge < -0.3 is 5.11 Å². The van der Waals surface area contributed by atoms with Gasteiger partial charge in [-0.15, -0.1) is 0 Å². The van der Waals surface area contributed by atoms with Crippen LogP contribution < -0.4 is 0 Å². The quantitative estimate of drug-likeness (QED) is 0.563. The van der Waals surface area contributed by atoms with Crippen molar-refractivity contribution in [3.8, 4) is 0 Å². The van der Waals surface area contributed by atoms with E-state index in [2.05, 4.69) is 77.1 Å². The minimum atomic E-state index is -0.902. The molecule has 1 N–H and O–H groups in total. The third-order valence-corrected chi connectivity index (χ3v) is 5.30. The van der Waals surface area contributed by atoms with Crippen LogP contribution >= 0.6 is 0 Å². The number of carboxylic acids is 1. The Kier molecular flexibility index (Phi) is 5.66. The highest BCUT2D eigenvalue weighted by Crippen LogP contribution is 2.40. The molecule has 0 amide bonds. The minimum Gasteiger partial charge on any atom is -0.478 e. The van der Waals surface area contributed by atoms with Gasteiger partial charge >= 0.3 is 5.97 Å². The van der Waals surface area contributed by atoms with E-state index in [-0.39, 0.29) is 10.8 Å². The SMILES string of the molecule is CC(C)(C)/C=C\C1=CCC(C)(C)c2ccc(/C=C/c3ccc(C(=O)O)cc3)cc21. The molecule has 2 aromatic rings. The molecule has 0 unspecified atom stereocenters. The van der Waals surface area contributed by atoms with Crippen LogP contribution in [0.3, 0.4) is 0 Å². The maximum absolute atomic E-state index is 11.0. The molecule has 0 aromatic heterocycles. The van der Waals surface area contributed by atoms with E-state index in [1.165, 1.54) is 16.7 Å². The van der Waals surface area contributed by atoms with Gasteiger partial charge in [0.05, 0.1) is 5.56 Å². The average molecular weight is 387 g/mol. The van der Waals surface area contributed by atoms with E-state index in [1.54, 1.807) is 12.1 Å². The Hall–Kier alpha value is -2.87. The molecule has 3 rings (SSSR count). The van der Waals surface area contributed by atoms with Gasteiger partial charge in [-0.2, -0.15) is 0 Å². The Bertz CT molecular complexity index is 994. The fourth-order valence-electron chi connectivity index (χ4n) is 3.51. The molecule has 0 saturated carbocycles. The van der Waals surface area contributed by atoms with Gasteiger partial charge in [0.1, 0.15) is 0 Å². The first-order valence-corrected chi connectivity index (χ1v) is 10.1. The molecule has 0 saturated heterocycles. The Labute approximate surface area is 174 Å². The predicted octanol–water partition coefficient (Wildman–Crippen LogP) is 7.22. The molecule has 0 atom stereocenters. The molecule has 0 spiro atoms. The molecule has 150 valence electrons. The van der Waals surface area contributed by atoms with Crippen LogP contribution in [0, 0.1) is 5.41 Å². The molecule has 0 fully saturated rings. The average Bonchev–Trinajstić information content (AvgIpc) is 2.65. The van der Waals surface area contributed by atoms with Gasteiger partial charge in [-0.25, -0.2) is 4.79 Å². The number of aromatic carboxylic acids is 1. The molecule has 0 aliphatic heterocycles. The van der Waals surface area contributed by atoms with E-state index in [9.17, 15) is 4.79 Å². The van der Waals surface area contributed by atoms with E-state index in [0.29, 0.717) is 5.56 Å². The monoisotopic (exact) mass is 386 g/mol. The lowest BCUT2D eigenvalue weighted by molar-refractivity contribution is 0.0697. The summed E-state index contributed by atoms with van der Waals surface area (Å²) in [6.45, 7) is 11.2. The topological polar surface area (TPSA) is 37.3 Å². The van der Waals surface area contributed by atoms with Crippen LogP contribution in [0.5, 0.6) is 0 Å². The first-order chi connectivity index (χ1) is 13.5. The molecular formula is C27H30O2. The van der Waals surface area contributed by atoms with Crippen LogP contribution in [-0.4, -0.2) is 11.1 Å². The van der Waals surface area contributed by atoms with E-state index >= 15 is 0 Å². The third kappa shape index (κ3) is 5.14. The number of carbonyl (C=O) groups is 1. The number of rotatable bonds is 4. The molecule has 2 nitrogen and oxygen atoms in total. The first kappa shape index (κ1) is 20.9. The van der Waals surface area contributed by atoms with E-state index in [4.69, 9.17) is 5.11 Å². The molecule has 0 heterocycles. The predicted molar refractivity (Wildman–Crippen MR) is 123 cm³/mol. The highest BCUT2D eigenvalue weighted by molar-refractivity contribution is 5.88. The lowest BCUT2D eigenvalue weighted by Gasteiger charge is -2.32. The standard InChI is InChI=1S/C27H30O2/c1-26(2,3)16-14-21-15-17-27(4,5)24-13-10-20(18-23(21)24)7-6-19-8-11-22(12-9-19)25(28)29/h6-16,18H,17H2,1-5H3,(H,28,29)/b7-6+,16-14-. The smallest absolute Gasteiger partial charge is 0.335 e. The summed E-state index contributed by atoms with van der Waals surface area (Å²) in [7, 11) is 0. The zero-order valence-corrected chi connectivity index (χ0v) is 18.0. The van der Waals surface area contributed by atoms with Crippen LogP contribution in [0.2, 0.25) is 0 Å². The zero-order valence-electron chi connectivity index (χ0n) is 18.0. The van der Waals surface area contributed by atoms with Gasteiger partial charge in [0.25, 0.3) is 0 Å². The van der Waals surface area contributed by atoms with E-state index in [1.807, 2.05) is 18.2 Å². The van der Waals surface area contributed by atoms with Crippen molar-refractivity contribution in [3.63, 3.8) is 0 Å². The van der Waals surface area contributed by atoms with Crippen molar-refractivity contribution in [1.29, 1.82) is 0 Å². The number of hydrogen-bond donors (Lipinski definition) is 1. The van der Waals surface area contributed by atoms with Crippen molar-refractivity contribution in [2.45, 2.75) is 46.5 Å². The van der Waals surface area contributed by atoms with Crippen molar-refractivity contribution in [1.82, 2.24) is 0 Å². The summed E-state index contributed by atoms with van der Waals surface area (Å²) in [5.74, 6) is -0.902. The van der Waals surface area contributed by atoms with Crippen molar-refractivity contribution < 1.29 is 9.90 Å². The maximum atomic E-state index is 11.0. The number of hydrogen-bond acceptors (Lipinski definition) is 1. The lowest BCUT2D eigenvalue weighted by atomic mass is 9.72. The van der Waals surface area contributed by atoms with Crippen LogP contribution in [0.25, 0.3) is 17.7 Å². The summed E-state index contributed by atoms with van der Waals surface area (Å²) in [6.07, 6.45) is 12.0. The summed E-state index contributed by atoms with van der Waals surface area (Å²) in [5, 5.41) is 9.03. The molecule has 2 aromatic carbocycles. The third-order valence-electron chi connectivity index (χ3n) is 5.30. The van der Waals surface area contributed by atoms with E-state index < -0.39 is 5.97 Å². The number of allylic oxidation sites excluding steroid dienone is 4. The molecule has 1 aliphatic carbocycles. The van der Waals surface area contributed by atoms with Crippen LogP contribution in [0.15, 0.2) is 60.7 Å². The maximum Gasteiger partial charge on any atom is 0.335 e. The second-order valence-corrected chi connectivity index (χ2v) is 9.51. The van der Waals surface area contributed by atoms with Crippen molar-refractivity contribution >= 4 is 23.7 Å². The molecule has 0 radical (unpaired) electrons. The molecule has 0 bridgehead atoms. The summed E-state index contributed by atoms with van der Waals surface area (Å²) in [4.78, 5) is 11.0. The fraction of sp³-hybridized carbons (Fsp3) is 0.296. The van der Waals surface area contributed by atoms with Gasteiger partial charge in [-0.3, -0.25) is 0 Å². The van der Waals surface area contributed by atoms with Gasteiger partial charge in [0, 0.05) is 0 Å². The molecule has 1 aliphatic rings. The Morgan fingerprint density at radius 2 is 1.59 bits per heavy atom. The zero-order chi connectivity index (χ0) is 21.2. The van der Waals surface area contributed by atoms with Gasteiger partial charge in [-0.05, 0) is 63.3 Å². The summed E-state index contributed by atoms with van der Waals surface area (Å²) in [6, 6.07) is 13.6. The van der Waals surface area contributed by atoms with Gasteiger partial charge in [-0.1, -0.05) is 89.3 Å². The second kappa shape index (κ2) is 7.87. The lowest BCUT2D eigenvalue weighted by Crippen LogP contribution is -2.21. The van der Waals surface area contributed by atoms with Crippen molar-refractivity contribution in [2.75, 3.05) is 0 Å². The van der Waals surface area contributed by atoms with E-state index in [0.717, 1.165) is 17.5 Å². The minimum absolute atomic E-state index is 0.128.